The number of oxazole rings is 1. The Morgan fingerprint density at radius 2 is 1.90 bits per heavy atom. The lowest BCUT2D eigenvalue weighted by Crippen LogP contribution is -1.99. The lowest BCUT2D eigenvalue weighted by Gasteiger charge is -2.04. The summed E-state index contributed by atoms with van der Waals surface area (Å²) in [6, 6.07) is 18.7. The molecule has 0 atom stereocenters. The summed E-state index contributed by atoms with van der Waals surface area (Å²) >= 11 is 0. The molecule has 7 heteroatoms. The van der Waals surface area contributed by atoms with Crippen molar-refractivity contribution in [3.05, 3.63) is 77.7 Å². The van der Waals surface area contributed by atoms with Crippen LogP contribution in [0.5, 0.6) is 0 Å². The first-order valence-electron chi connectivity index (χ1n) is 10.2. The lowest BCUT2D eigenvalue weighted by atomic mass is 10.1. The maximum Gasteiger partial charge on any atom is 0.300 e. The Hall–Kier alpha value is -3.97. The van der Waals surface area contributed by atoms with Crippen LogP contribution in [-0.2, 0) is 13.1 Å². The zero-order chi connectivity index (χ0) is 20.8. The number of hydrogen-bond donors (Lipinski definition) is 3. The maximum absolute atomic E-state index is 6.00. The fourth-order valence-corrected chi connectivity index (χ4v) is 4.01. The van der Waals surface area contributed by atoms with Crippen LogP contribution in [0.4, 0.5) is 11.7 Å². The molecule has 0 radical (unpaired) electrons. The molecule has 0 saturated carbocycles. The predicted molar refractivity (Wildman–Crippen MR) is 120 cm³/mol. The van der Waals surface area contributed by atoms with Crippen molar-refractivity contribution in [2.45, 2.75) is 20.0 Å². The molecular formula is C24H20N6O. The number of rotatable bonds is 4. The van der Waals surface area contributed by atoms with E-state index in [1.165, 1.54) is 11.1 Å². The Balaban J connectivity index is 1.33. The average molecular weight is 408 g/mol. The van der Waals surface area contributed by atoms with Crippen LogP contribution in [0.2, 0.25) is 0 Å². The minimum absolute atomic E-state index is 0.473. The van der Waals surface area contributed by atoms with Gasteiger partial charge in [-0.2, -0.15) is 4.98 Å². The quantitative estimate of drug-likeness (QED) is 0.390. The van der Waals surface area contributed by atoms with Crippen LogP contribution >= 0.6 is 0 Å². The Bertz CT molecular complexity index is 1420. The van der Waals surface area contributed by atoms with E-state index in [0.29, 0.717) is 11.6 Å². The van der Waals surface area contributed by atoms with E-state index in [-0.39, 0.29) is 0 Å². The van der Waals surface area contributed by atoms with Crippen molar-refractivity contribution >= 4 is 22.8 Å². The number of aromatic amines is 1. The Labute approximate surface area is 178 Å². The predicted octanol–water partition coefficient (Wildman–Crippen LogP) is 4.94. The standard InChI is InChI=1S/C24H20N6O/c1-14-3-2-4-20(28-14)23-22(26-13-27-23)15-6-8-19-21(10-15)31-24(30-19)29-18-7-5-16-11-25-12-17(16)9-18/h2-10,13,25H,11-12H2,1H3,(H,26,27)(H,29,30). The van der Waals surface area contributed by atoms with Gasteiger partial charge in [0.2, 0.25) is 0 Å². The summed E-state index contributed by atoms with van der Waals surface area (Å²) in [5.41, 5.74) is 9.58. The van der Waals surface area contributed by atoms with Crippen LogP contribution in [0, 0.1) is 6.92 Å². The van der Waals surface area contributed by atoms with Crippen molar-refractivity contribution in [1.82, 2.24) is 25.3 Å². The smallest absolute Gasteiger partial charge is 0.300 e. The summed E-state index contributed by atoms with van der Waals surface area (Å²) in [4.78, 5) is 16.9. The van der Waals surface area contributed by atoms with Gasteiger partial charge in [-0.1, -0.05) is 18.2 Å². The third-order valence-electron chi connectivity index (χ3n) is 5.53. The van der Waals surface area contributed by atoms with Crippen LogP contribution in [0.25, 0.3) is 33.7 Å². The number of anilines is 2. The molecule has 6 rings (SSSR count). The molecule has 1 aliphatic heterocycles. The maximum atomic E-state index is 6.00. The normalized spacial score (nSPS) is 12.9. The van der Waals surface area contributed by atoms with Gasteiger partial charge in [-0.25, -0.2) is 4.98 Å². The largest absolute Gasteiger partial charge is 0.423 e. The summed E-state index contributed by atoms with van der Waals surface area (Å²) in [7, 11) is 0. The van der Waals surface area contributed by atoms with Crippen LogP contribution < -0.4 is 10.6 Å². The lowest BCUT2D eigenvalue weighted by molar-refractivity contribution is 0.623. The van der Waals surface area contributed by atoms with Gasteiger partial charge >= 0.3 is 0 Å². The molecule has 31 heavy (non-hydrogen) atoms. The van der Waals surface area contributed by atoms with Crippen LogP contribution in [-0.4, -0.2) is 19.9 Å². The van der Waals surface area contributed by atoms with Gasteiger partial charge in [0.25, 0.3) is 6.01 Å². The van der Waals surface area contributed by atoms with E-state index in [2.05, 4.69) is 48.8 Å². The molecule has 0 saturated heterocycles. The number of aromatic nitrogens is 4. The molecule has 4 heterocycles. The monoisotopic (exact) mass is 408 g/mol. The van der Waals surface area contributed by atoms with E-state index < -0.39 is 0 Å². The van der Waals surface area contributed by atoms with E-state index in [0.717, 1.165) is 52.6 Å². The molecule has 2 aromatic carbocycles. The van der Waals surface area contributed by atoms with Crippen molar-refractivity contribution in [2.24, 2.45) is 0 Å². The Morgan fingerprint density at radius 3 is 2.84 bits per heavy atom. The van der Waals surface area contributed by atoms with Gasteiger partial charge in [0.1, 0.15) is 5.52 Å². The second-order valence-electron chi connectivity index (χ2n) is 7.70. The van der Waals surface area contributed by atoms with Crippen molar-refractivity contribution in [2.75, 3.05) is 5.32 Å². The van der Waals surface area contributed by atoms with Crippen LogP contribution in [0.3, 0.4) is 0 Å². The highest BCUT2D eigenvalue weighted by atomic mass is 16.4. The van der Waals surface area contributed by atoms with Crippen molar-refractivity contribution < 1.29 is 4.42 Å². The number of nitrogens with zero attached hydrogens (tertiary/aromatic N) is 3. The summed E-state index contributed by atoms with van der Waals surface area (Å²) in [5.74, 6) is 0. The van der Waals surface area contributed by atoms with Gasteiger partial charge in [0, 0.05) is 30.0 Å². The van der Waals surface area contributed by atoms with Gasteiger partial charge < -0.3 is 20.0 Å². The number of pyridine rings is 1. The SMILES string of the molecule is Cc1cccc(-c2[nH]cnc2-c2ccc3nc(Nc4ccc5c(c4)CNC5)oc3c2)n1. The van der Waals surface area contributed by atoms with Gasteiger partial charge in [-0.3, -0.25) is 4.98 Å². The zero-order valence-electron chi connectivity index (χ0n) is 16.9. The minimum Gasteiger partial charge on any atom is -0.423 e. The number of imidazole rings is 1. The van der Waals surface area contributed by atoms with E-state index in [1.807, 2.05) is 43.3 Å². The highest BCUT2D eigenvalue weighted by Crippen LogP contribution is 2.32. The van der Waals surface area contributed by atoms with E-state index in [1.54, 1.807) is 6.33 Å². The molecule has 5 aromatic rings. The second kappa shape index (κ2) is 7.07. The summed E-state index contributed by atoms with van der Waals surface area (Å²) in [5, 5.41) is 6.64. The molecule has 0 aliphatic carbocycles. The van der Waals surface area contributed by atoms with Crippen LogP contribution in [0.15, 0.2) is 65.3 Å². The van der Waals surface area contributed by atoms with Crippen molar-refractivity contribution in [3.8, 4) is 22.6 Å². The van der Waals surface area contributed by atoms with Crippen molar-refractivity contribution in [3.63, 3.8) is 0 Å². The molecule has 0 fully saturated rings. The minimum atomic E-state index is 0.473. The first-order chi connectivity index (χ1) is 15.2. The number of nitrogens with one attached hydrogen (secondary N) is 3. The highest BCUT2D eigenvalue weighted by Gasteiger charge is 2.15. The Morgan fingerprint density at radius 1 is 0.968 bits per heavy atom. The molecule has 3 N–H and O–H groups in total. The van der Waals surface area contributed by atoms with Gasteiger partial charge in [-0.05, 0) is 54.4 Å². The molecule has 0 spiro atoms. The molecule has 152 valence electrons. The van der Waals surface area contributed by atoms with E-state index >= 15 is 0 Å². The molecule has 1 aliphatic rings. The number of H-pyrrole nitrogens is 1. The summed E-state index contributed by atoms with van der Waals surface area (Å²) < 4.78 is 6.00. The molecule has 0 bridgehead atoms. The molecule has 0 unspecified atom stereocenters. The first kappa shape index (κ1) is 17.9. The number of benzene rings is 2. The molecule has 7 nitrogen and oxygen atoms in total. The molecule has 0 amide bonds. The Kier molecular flexibility index (Phi) is 4.07. The van der Waals surface area contributed by atoms with Crippen LogP contribution in [0.1, 0.15) is 16.8 Å². The van der Waals surface area contributed by atoms with Gasteiger partial charge in [0.05, 0.1) is 23.4 Å². The third kappa shape index (κ3) is 3.25. The fraction of sp³-hybridized carbons (Fsp3) is 0.125. The average Bonchev–Trinajstić information content (AvgIpc) is 3.51. The van der Waals surface area contributed by atoms with Gasteiger partial charge in [0.15, 0.2) is 5.58 Å². The first-order valence-corrected chi connectivity index (χ1v) is 10.2. The third-order valence-corrected chi connectivity index (χ3v) is 5.53. The van der Waals surface area contributed by atoms with E-state index in [4.69, 9.17) is 4.42 Å². The highest BCUT2D eigenvalue weighted by molar-refractivity contribution is 5.84. The fourth-order valence-electron chi connectivity index (χ4n) is 4.01. The number of fused-ring (bicyclic) bond motifs is 2. The van der Waals surface area contributed by atoms with E-state index in [9.17, 15) is 0 Å². The number of hydrogen-bond acceptors (Lipinski definition) is 6. The second-order valence-corrected chi connectivity index (χ2v) is 7.70. The van der Waals surface area contributed by atoms with Crippen molar-refractivity contribution in [1.29, 1.82) is 0 Å². The molecule has 3 aromatic heterocycles. The summed E-state index contributed by atoms with van der Waals surface area (Å²) in [6.45, 7) is 3.80. The van der Waals surface area contributed by atoms with Gasteiger partial charge in [-0.15, -0.1) is 0 Å². The topological polar surface area (TPSA) is 91.7 Å². The zero-order valence-corrected chi connectivity index (χ0v) is 16.9. The molecular weight excluding hydrogens is 388 g/mol. The number of aryl methyl sites for hydroxylation is 1. The summed E-state index contributed by atoms with van der Waals surface area (Å²) in [6.07, 6.45) is 1.69.